The van der Waals surface area contributed by atoms with Crippen molar-refractivity contribution in [2.75, 3.05) is 73.5 Å². The van der Waals surface area contributed by atoms with Crippen LogP contribution in [0.15, 0.2) is 0 Å². The van der Waals surface area contributed by atoms with Crippen molar-refractivity contribution < 1.29 is 19.2 Å². The van der Waals surface area contributed by atoms with Crippen molar-refractivity contribution in [2.24, 2.45) is 0 Å². The summed E-state index contributed by atoms with van der Waals surface area (Å²) in [5.74, 6) is -0.297. The molecule has 0 aromatic rings. The lowest BCUT2D eigenvalue weighted by molar-refractivity contribution is -0.124. The Labute approximate surface area is 143 Å². The molecule has 0 aliphatic rings. The second-order valence-corrected chi connectivity index (χ2v) is 5.45. The van der Waals surface area contributed by atoms with Gasteiger partial charge in [0.1, 0.15) is 12.6 Å². The van der Waals surface area contributed by atoms with Crippen LogP contribution in [0.2, 0.25) is 0 Å². The largest absolute Gasteiger partial charge is 0.358 e. The molecule has 0 radical (unpaired) electrons. The zero-order valence-corrected chi connectivity index (χ0v) is 14.8. The van der Waals surface area contributed by atoms with Crippen LogP contribution in [0.25, 0.3) is 0 Å². The highest BCUT2D eigenvalue weighted by molar-refractivity contribution is 5.80. The van der Waals surface area contributed by atoms with Gasteiger partial charge in [-0.2, -0.15) is 0 Å². The summed E-state index contributed by atoms with van der Waals surface area (Å²) in [5, 5.41) is 5.09. The first kappa shape index (κ1) is 22.2. The van der Waals surface area contributed by atoms with Gasteiger partial charge >= 0.3 is 0 Å². The Morgan fingerprint density at radius 3 is 1.58 bits per heavy atom. The van der Waals surface area contributed by atoms with Gasteiger partial charge in [-0.05, 0) is 7.05 Å². The highest BCUT2D eigenvalue weighted by Crippen LogP contribution is 1.93. The zero-order valence-electron chi connectivity index (χ0n) is 14.8. The molecule has 0 rings (SSSR count). The molecule has 0 aliphatic carbocycles. The molecular formula is C15H29N5O4. The fourth-order valence-corrected chi connectivity index (χ4v) is 1.98. The molecule has 2 N–H and O–H groups in total. The van der Waals surface area contributed by atoms with Crippen LogP contribution in [0.4, 0.5) is 0 Å². The summed E-state index contributed by atoms with van der Waals surface area (Å²) in [5.41, 5.74) is 0. The first-order chi connectivity index (χ1) is 11.5. The highest BCUT2D eigenvalue weighted by Gasteiger charge is 2.14. The van der Waals surface area contributed by atoms with Gasteiger partial charge in [0.2, 0.25) is 11.8 Å². The number of amides is 2. The van der Waals surface area contributed by atoms with Crippen molar-refractivity contribution in [3.63, 3.8) is 0 Å². The average molecular weight is 343 g/mol. The van der Waals surface area contributed by atoms with Crippen molar-refractivity contribution >= 4 is 24.4 Å². The van der Waals surface area contributed by atoms with Crippen molar-refractivity contribution in [1.82, 2.24) is 25.3 Å². The molecule has 0 aliphatic heterocycles. The van der Waals surface area contributed by atoms with Gasteiger partial charge in [-0.15, -0.1) is 0 Å². The van der Waals surface area contributed by atoms with E-state index in [9.17, 15) is 19.2 Å². The summed E-state index contributed by atoms with van der Waals surface area (Å²) in [7, 11) is 5.03. The van der Waals surface area contributed by atoms with E-state index in [-0.39, 0.29) is 38.0 Å². The summed E-state index contributed by atoms with van der Waals surface area (Å²) in [6, 6.07) is 0. The maximum Gasteiger partial charge on any atom is 0.233 e. The lowest BCUT2D eigenvalue weighted by Gasteiger charge is -2.26. The SMILES string of the molecule is CNC(=O)CN(CCN(C)CCN(CC=O)CC=O)CC(=O)NC. The molecule has 9 heteroatoms. The Hall–Kier alpha value is -1.84. The van der Waals surface area contributed by atoms with E-state index in [4.69, 9.17) is 0 Å². The number of nitrogens with zero attached hydrogens (tertiary/aromatic N) is 3. The maximum absolute atomic E-state index is 11.5. The van der Waals surface area contributed by atoms with Gasteiger partial charge in [0, 0.05) is 40.3 Å². The molecule has 0 atom stereocenters. The van der Waals surface area contributed by atoms with E-state index in [1.807, 2.05) is 11.9 Å². The van der Waals surface area contributed by atoms with Gasteiger partial charge in [0.15, 0.2) is 0 Å². The molecule has 0 unspecified atom stereocenters. The van der Waals surface area contributed by atoms with Gasteiger partial charge in [0.25, 0.3) is 0 Å². The molecule has 0 spiro atoms. The lowest BCUT2D eigenvalue weighted by Crippen LogP contribution is -2.45. The van der Waals surface area contributed by atoms with E-state index in [0.29, 0.717) is 26.2 Å². The van der Waals surface area contributed by atoms with E-state index >= 15 is 0 Å². The standard InChI is InChI=1S/C15H29N5O4/c1-16-14(23)12-20(13-15(24)17-2)7-5-18(3)4-6-19(8-10-21)9-11-22/h10-11H,4-9,12-13H2,1-3H3,(H,16,23)(H,17,24). The number of rotatable bonds is 14. The molecule has 0 fully saturated rings. The number of carbonyl (C=O) groups excluding carboxylic acids is 4. The zero-order chi connectivity index (χ0) is 18.4. The van der Waals surface area contributed by atoms with Crippen molar-refractivity contribution in [1.29, 1.82) is 0 Å². The molecule has 2 amide bonds. The predicted molar refractivity (Wildman–Crippen MR) is 90.6 cm³/mol. The Morgan fingerprint density at radius 2 is 1.21 bits per heavy atom. The Bertz CT molecular complexity index is 377. The fourth-order valence-electron chi connectivity index (χ4n) is 1.98. The highest BCUT2D eigenvalue weighted by atomic mass is 16.2. The van der Waals surface area contributed by atoms with Gasteiger partial charge < -0.3 is 25.1 Å². The third kappa shape index (κ3) is 10.8. The average Bonchev–Trinajstić information content (AvgIpc) is 2.57. The second-order valence-electron chi connectivity index (χ2n) is 5.45. The number of nitrogens with one attached hydrogen (secondary N) is 2. The van der Waals surface area contributed by atoms with E-state index in [1.165, 1.54) is 0 Å². The van der Waals surface area contributed by atoms with E-state index in [1.54, 1.807) is 23.9 Å². The van der Waals surface area contributed by atoms with Crippen LogP contribution in [0, 0.1) is 0 Å². The summed E-state index contributed by atoms with van der Waals surface area (Å²) in [6.07, 6.45) is 1.55. The van der Waals surface area contributed by atoms with Crippen LogP contribution in [0.3, 0.4) is 0 Å². The van der Waals surface area contributed by atoms with E-state index in [2.05, 4.69) is 10.6 Å². The number of likely N-dealkylation sites (N-methyl/N-ethyl adjacent to an activating group) is 3. The van der Waals surface area contributed by atoms with Gasteiger partial charge in [0.05, 0.1) is 26.2 Å². The molecule has 0 saturated heterocycles. The monoisotopic (exact) mass is 343 g/mol. The number of aldehydes is 2. The second kappa shape index (κ2) is 13.6. The Kier molecular flexibility index (Phi) is 12.5. The first-order valence-corrected chi connectivity index (χ1v) is 7.88. The van der Waals surface area contributed by atoms with Crippen LogP contribution in [0.1, 0.15) is 0 Å². The van der Waals surface area contributed by atoms with E-state index < -0.39 is 0 Å². The van der Waals surface area contributed by atoms with Crippen molar-refractivity contribution in [3.05, 3.63) is 0 Å². The van der Waals surface area contributed by atoms with Crippen LogP contribution in [0.5, 0.6) is 0 Å². The number of hydrogen-bond acceptors (Lipinski definition) is 7. The van der Waals surface area contributed by atoms with Crippen molar-refractivity contribution in [3.8, 4) is 0 Å². The Morgan fingerprint density at radius 1 is 0.792 bits per heavy atom. The van der Waals surface area contributed by atoms with Crippen LogP contribution < -0.4 is 10.6 Å². The smallest absolute Gasteiger partial charge is 0.233 e. The fraction of sp³-hybridized carbons (Fsp3) is 0.733. The van der Waals surface area contributed by atoms with E-state index in [0.717, 1.165) is 12.6 Å². The predicted octanol–water partition coefficient (Wildman–Crippen LogP) is -2.59. The number of hydrogen-bond donors (Lipinski definition) is 2. The molecule has 0 saturated carbocycles. The topological polar surface area (TPSA) is 102 Å². The molecule has 0 heterocycles. The summed E-state index contributed by atoms with van der Waals surface area (Å²) < 4.78 is 0. The van der Waals surface area contributed by atoms with Crippen molar-refractivity contribution in [2.45, 2.75) is 0 Å². The first-order valence-electron chi connectivity index (χ1n) is 7.88. The number of carbonyl (C=O) groups is 4. The van der Waals surface area contributed by atoms with Gasteiger partial charge in [-0.1, -0.05) is 0 Å². The molecule has 0 aromatic heterocycles. The molecule has 9 nitrogen and oxygen atoms in total. The van der Waals surface area contributed by atoms with Gasteiger partial charge in [-0.3, -0.25) is 19.4 Å². The maximum atomic E-state index is 11.5. The summed E-state index contributed by atoms with van der Waals surface area (Å²) in [4.78, 5) is 49.7. The quantitative estimate of drug-likeness (QED) is 0.334. The summed E-state index contributed by atoms with van der Waals surface area (Å²) in [6.45, 7) is 3.25. The molecule has 138 valence electrons. The third-order valence-corrected chi connectivity index (χ3v) is 3.55. The molecule has 0 bridgehead atoms. The minimum Gasteiger partial charge on any atom is -0.358 e. The third-order valence-electron chi connectivity index (χ3n) is 3.55. The van der Waals surface area contributed by atoms with Gasteiger partial charge in [-0.25, -0.2) is 0 Å². The molecule has 0 aromatic carbocycles. The minimum atomic E-state index is -0.148. The van der Waals surface area contributed by atoms with Crippen LogP contribution in [-0.4, -0.2) is 113 Å². The molecule has 24 heavy (non-hydrogen) atoms. The summed E-state index contributed by atoms with van der Waals surface area (Å²) >= 11 is 0. The van der Waals surface area contributed by atoms with Crippen LogP contribution >= 0.6 is 0 Å². The van der Waals surface area contributed by atoms with Crippen LogP contribution in [-0.2, 0) is 19.2 Å². The minimum absolute atomic E-state index is 0.148. The normalized spacial score (nSPS) is 10.9. The Balaban J connectivity index is 4.33. The lowest BCUT2D eigenvalue weighted by atomic mass is 10.3. The molecular weight excluding hydrogens is 314 g/mol.